The Kier molecular flexibility index (Phi) is 4.32. The summed E-state index contributed by atoms with van der Waals surface area (Å²) in [7, 11) is 4.12. The lowest BCUT2D eigenvalue weighted by Gasteiger charge is -2.19. The van der Waals surface area contributed by atoms with Crippen LogP contribution in [-0.2, 0) is 6.54 Å². The zero-order valence-corrected chi connectivity index (χ0v) is 13.0. The van der Waals surface area contributed by atoms with E-state index in [1.54, 1.807) is 0 Å². The molecule has 1 aromatic heterocycles. The molecule has 2 rings (SSSR count). The van der Waals surface area contributed by atoms with Crippen LogP contribution in [0.1, 0.15) is 31.0 Å². The van der Waals surface area contributed by atoms with E-state index in [9.17, 15) is 0 Å². The molecular weight excluding hydrogens is 248 g/mol. The van der Waals surface area contributed by atoms with Crippen LogP contribution in [0, 0.1) is 6.92 Å². The fourth-order valence-electron chi connectivity index (χ4n) is 2.18. The minimum absolute atomic E-state index is 0.249. The summed E-state index contributed by atoms with van der Waals surface area (Å²) in [6.07, 6.45) is 4.03. The van der Waals surface area contributed by atoms with Crippen LogP contribution in [0.15, 0.2) is 30.6 Å². The monoisotopic (exact) mass is 272 g/mol. The Morgan fingerprint density at radius 1 is 1.35 bits per heavy atom. The summed E-state index contributed by atoms with van der Waals surface area (Å²) in [6.45, 7) is 7.30. The molecule has 0 fully saturated rings. The minimum Gasteiger partial charge on any atom is -0.378 e. The predicted molar refractivity (Wildman–Crippen MR) is 85.4 cm³/mol. The molecular formula is C16H24N4. The van der Waals surface area contributed by atoms with Gasteiger partial charge in [0.1, 0.15) is 0 Å². The first-order valence-corrected chi connectivity index (χ1v) is 7.08. The molecule has 0 bridgehead atoms. The van der Waals surface area contributed by atoms with E-state index >= 15 is 0 Å². The maximum absolute atomic E-state index is 4.33. The van der Waals surface area contributed by atoms with E-state index in [2.05, 4.69) is 74.6 Å². The molecule has 1 atom stereocenters. The largest absolute Gasteiger partial charge is 0.378 e. The molecule has 0 radical (unpaired) electrons. The number of hydrogen-bond acceptors (Lipinski definition) is 3. The Hall–Kier alpha value is -1.97. The molecule has 1 N–H and O–H groups in total. The molecule has 4 heteroatoms. The van der Waals surface area contributed by atoms with Crippen molar-refractivity contribution >= 4 is 11.4 Å². The van der Waals surface area contributed by atoms with Gasteiger partial charge >= 0.3 is 0 Å². The SMILES string of the molecule is CCn1cc(C(C)Nc2ccc(N(C)C)cc2C)cn1. The highest BCUT2D eigenvalue weighted by Gasteiger charge is 2.09. The van der Waals surface area contributed by atoms with Crippen LogP contribution in [0.5, 0.6) is 0 Å². The highest BCUT2D eigenvalue weighted by molar-refractivity contribution is 5.60. The third kappa shape index (κ3) is 3.13. The second-order valence-corrected chi connectivity index (χ2v) is 5.39. The van der Waals surface area contributed by atoms with Crippen LogP contribution in [0.4, 0.5) is 11.4 Å². The van der Waals surface area contributed by atoms with Gasteiger partial charge in [0.05, 0.1) is 12.2 Å². The molecule has 0 aliphatic rings. The number of aryl methyl sites for hydroxylation is 2. The van der Waals surface area contributed by atoms with Crippen molar-refractivity contribution in [2.24, 2.45) is 0 Å². The van der Waals surface area contributed by atoms with E-state index in [0.717, 1.165) is 6.54 Å². The second kappa shape index (κ2) is 5.99. The standard InChI is InChI=1S/C16H24N4/c1-6-20-11-14(10-17-20)13(3)18-16-8-7-15(19(4)5)9-12(16)2/h7-11,13,18H,6H2,1-5H3. The van der Waals surface area contributed by atoms with Crippen molar-refractivity contribution in [2.45, 2.75) is 33.4 Å². The summed E-state index contributed by atoms with van der Waals surface area (Å²) < 4.78 is 1.95. The van der Waals surface area contributed by atoms with Gasteiger partial charge in [-0.2, -0.15) is 5.10 Å². The van der Waals surface area contributed by atoms with Crippen molar-refractivity contribution in [1.82, 2.24) is 9.78 Å². The first-order valence-electron chi connectivity index (χ1n) is 7.08. The quantitative estimate of drug-likeness (QED) is 0.905. The van der Waals surface area contributed by atoms with Gasteiger partial charge in [-0.05, 0) is 44.5 Å². The Morgan fingerprint density at radius 3 is 2.65 bits per heavy atom. The molecule has 1 heterocycles. The summed E-state index contributed by atoms with van der Waals surface area (Å²) in [5.41, 5.74) is 4.86. The third-order valence-corrected chi connectivity index (χ3v) is 3.58. The van der Waals surface area contributed by atoms with Crippen molar-refractivity contribution < 1.29 is 0 Å². The molecule has 108 valence electrons. The van der Waals surface area contributed by atoms with E-state index in [4.69, 9.17) is 0 Å². The van der Waals surface area contributed by atoms with E-state index in [1.165, 1.54) is 22.5 Å². The Labute approximate surface area is 121 Å². The van der Waals surface area contributed by atoms with Crippen molar-refractivity contribution in [1.29, 1.82) is 0 Å². The highest BCUT2D eigenvalue weighted by atomic mass is 15.3. The van der Waals surface area contributed by atoms with Gasteiger partial charge in [-0.15, -0.1) is 0 Å². The predicted octanol–water partition coefficient (Wildman–Crippen LogP) is 3.45. The van der Waals surface area contributed by atoms with Crippen molar-refractivity contribution in [3.63, 3.8) is 0 Å². The summed E-state index contributed by atoms with van der Waals surface area (Å²) in [5.74, 6) is 0. The van der Waals surface area contributed by atoms with Gasteiger partial charge in [-0.25, -0.2) is 0 Å². The van der Waals surface area contributed by atoms with Gasteiger partial charge in [0.2, 0.25) is 0 Å². The number of hydrogen-bond donors (Lipinski definition) is 1. The van der Waals surface area contributed by atoms with Crippen molar-refractivity contribution in [3.05, 3.63) is 41.7 Å². The summed E-state index contributed by atoms with van der Waals surface area (Å²) in [5, 5.41) is 7.89. The molecule has 1 unspecified atom stereocenters. The zero-order chi connectivity index (χ0) is 14.7. The van der Waals surface area contributed by atoms with Gasteiger partial charge in [0.25, 0.3) is 0 Å². The lowest BCUT2D eigenvalue weighted by molar-refractivity contribution is 0.658. The molecule has 0 spiro atoms. The lowest BCUT2D eigenvalue weighted by atomic mass is 10.1. The van der Waals surface area contributed by atoms with E-state index in [1.807, 2.05) is 10.9 Å². The third-order valence-electron chi connectivity index (χ3n) is 3.58. The van der Waals surface area contributed by atoms with E-state index in [-0.39, 0.29) is 6.04 Å². The Balaban J connectivity index is 2.13. The number of anilines is 2. The van der Waals surface area contributed by atoms with Crippen LogP contribution in [0.2, 0.25) is 0 Å². The molecule has 0 amide bonds. The number of nitrogens with zero attached hydrogens (tertiary/aromatic N) is 3. The van der Waals surface area contributed by atoms with Crippen LogP contribution in [0.3, 0.4) is 0 Å². The number of benzene rings is 1. The average Bonchev–Trinajstić information content (AvgIpc) is 2.89. The lowest BCUT2D eigenvalue weighted by Crippen LogP contribution is -2.10. The first-order chi connectivity index (χ1) is 9.51. The van der Waals surface area contributed by atoms with Gasteiger partial charge in [0, 0.05) is 43.8 Å². The number of aromatic nitrogens is 2. The molecule has 4 nitrogen and oxygen atoms in total. The molecule has 0 saturated carbocycles. The second-order valence-electron chi connectivity index (χ2n) is 5.39. The zero-order valence-electron chi connectivity index (χ0n) is 13.0. The number of nitrogens with one attached hydrogen (secondary N) is 1. The van der Waals surface area contributed by atoms with Crippen LogP contribution in [-0.4, -0.2) is 23.9 Å². The van der Waals surface area contributed by atoms with E-state index < -0.39 is 0 Å². The van der Waals surface area contributed by atoms with Gasteiger partial charge in [0.15, 0.2) is 0 Å². The Bertz CT molecular complexity index is 572. The smallest absolute Gasteiger partial charge is 0.0542 e. The molecule has 0 aliphatic heterocycles. The molecule has 1 aromatic carbocycles. The van der Waals surface area contributed by atoms with Gasteiger partial charge in [-0.3, -0.25) is 4.68 Å². The van der Waals surface area contributed by atoms with Crippen molar-refractivity contribution in [3.8, 4) is 0 Å². The van der Waals surface area contributed by atoms with Gasteiger partial charge in [-0.1, -0.05) is 0 Å². The van der Waals surface area contributed by atoms with Crippen LogP contribution < -0.4 is 10.2 Å². The minimum atomic E-state index is 0.249. The summed E-state index contributed by atoms with van der Waals surface area (Å²) in [6, 6.07) is 6.73. The summed E-state index contributed by atoms with van der Waals surface area (Å²) >= 11 is 0. The fourth-order valence-corrected chi connectivity index (χ4v) is 2.18. The molecule has 2 aromatic rings. The van der Waals surface area contributed by atoms with Gasteiger partial charge < -0.3 is 10.2 Å². The average molecular weight is 272 g/mol. The Morgan fingerprint density at radius 2 is 2.10 bits per heavy atom. The van der Waals surface area contributed by atoms with Crippen molar-refractivity contribution in [2.75, 3.05) is 24.3 Å². The van der Waals surface area contributed by atoms with Crippen LogP contribution in [0.25, 0.3) is 0 Å². The van der Waals surface area contributed by atoms with E-state index in [0.29, 0.717) is 0 Å². The van der Waals surface area contributed by atoms with Crippen LogP contribution >= 0.6 is 0 Å². The normalized spacial score (nSPS) is 12.2. The maximum Gasteiger partial charge on any atom is 0.0542 e. The highest BCUT2D eigenvalue weighted by Crippen LogP contribution is 2.25. The maximum atomic E-state index is 4.33. The topological polar surface area (TPSA) is 33.1 Å². The molecule has 0 aliphatic carbocycles. The molecule has 0 saturated heterocycles. The molecule has 20 heavy (non-hydrogen) atoms. The first kappa shape index (κ1) is 14.4. The number of rotatable bonds is 5. The fraction of sp³-hybridized carbons (Fsp3) is 0.438. The summed E-state index contributed by atoms with van der Waals surface area (Å²) in [4.78, 5) is 2.12.